The highest BCUT2D eigenvalue weighted by Gasteiger charge is 2.22. The molecule has 0 radical (unpaired) electrons. The van der Waals surface area contributed by atoms with Crippen molar-refractivity contribution >= 4 is 10.0 Å². The van der Waals surface area contributed by atoms with Crippen LogP contribution in [-0.4, -0.2) is 36.0 Å². The molecule has 0 saturated carbocycles. The molecule has 0 aliphatic carbocycles. The number of aliphatic hydroxyl groups excluding tert-OH is 1. The van der Waals surface area contributed by atoms with Crippen molar-refractivity contribution in [2.75, 3.05) is 13.6 Å². The fourth-order valence-corrected chi connectivity index (χ4v) is 2.45. The lowest BCUT2D eigenvalue weighted by atomic mass is 10.5. The minimum Gasteiger partial charge on any atom is -0.390 e. The van der Waals surface area contributed by atoms with E-state index in [1.54, 1.807) is 11.6 Å². The van der Waals surface area contributed by atoms with Gasteiger partial charge in [0.05, 0.1) is 13.2 Å². The molecule has 0 bridgehead atoms. The number of terminal acetylenes is 1. The summed E-state index contributed by atoms with van der Waals surface area (Å²) in [5.74, 6) is 2.27. The third-order valence-electron chi connectivity index (χ3n) is 2.27. The van der Waals surface area contributed by atoms with Gasteiger partial charge in [0.15, 0.2) is 0 Å². The maximum atomic E-state index is 11.9. The van der Waals surface area contributed by atoms with Crippen molar-refractivity contribution in [2.24, 2.45) is 7.05 Å². The number of aliphatic hydroxyl groups is 1. The summed E-state index contributed by atoms with van der Waals surface area (Å²) in [4.78, 5) is 0.136. The van der Waals surface area contributed by atoms with Gasteiger partial charge in [-0.05, 0) is 6.07 Å². The lowest BCUT2D eigenvalue weighted by Crippen LogP contribution is -2.26. The quantitative estimate of drug-likeness (QED) is 0.742. The van der Waals surface area contributed by atoms with Gasteiger partial charge in [0.25, 0.3) is 0 Å². The maximum absolute atomic E-state index is 11.9. The molecule has 0 unspecified atom stereocenters. The fraction of sp³-hybridized carbons (Fsp3) is 0.400. The molecule has 1 heterocycles. The Labute approximate surface area is 95.4 Å². The molecule has 0 amide bonds. The molecule has 0 atom stereocenters. The molecule has 1 aromatic heterocycles. The lowest BCUT2D eigenvalue weighted by molar-refractivity contribution is 0.272. The van der Waals surface area contributed by atoms with E-state index in [0.717, 1.165) is 4.31 Å². The van der Waals surface area contributed by atoms with Crippen LogP contribution in [0.2, 0.25) is 0 Å². The summed E-state index contributed by atoms with van der Waals surface area (Å²) in [6.45, 7) is -0.184. The Morgan fingerprint density at radius 1 is 1.62 bits per heavy atom. The number of hydrogen-bond donors (Lipinski definition) is 1. The topological polar surface area (TPSA) is 62.5 Å². The van der Waals surface area contributed by atoms with Gasteiger partial charge in [-0.15, -0.1) is 6.42 Å². The molecule has 0 aliphatic heterocycles. The summed E-state index contributed by atoms with van der Waals surface area (Å²) in [6, 6.07) is 1.43. The second-order valence-electron chi connectivity index (χ2n) is 3.40. The predicted molar refractivity (Wildman–Crippen MR) is 60.0 cm³/mol. The third kappa shape index (κ3) is 2.27. The van der Waals surface area contributed by atoms with E-state index in [-0.39, 0.29) is 18.0 Å². The molecule has 0 aromatic carbocycles. The van der Waals surface area contributed by atoms with Crippen molar-refractivity contribution in [2.45, 2.75) is 11.5 Å². The highest BCUT2D eigenvalue weighted by atomic mass is 32.2. The number of sulfonamides is 1. The van der Waals surface area contributed by atoms with Crippen LogP contribution >= 0.6 is 0 Å². The molecule has 1 rings (SSSR count). The number of aryl methyl sites for hydroxylation is 1. The smallest absolute Gasteiger partial charge is 0.245 e. The van der Waals surface area contributed by atoms with Crippen LogP contribution in [0.5, 0.6) is 0 Å². The van der Waals surface area contributed by atoms with Crippen LogP contribution in [0.15, 0.2) is 17.2 Å². The van der Waals surface area contributed by atoms with Crippen LogP contribution in [-0.2, 0) is 23.7 Å². The Kier molecular flexibility index (Phi) is 3.75. The van der Waals surface area contributed by atoms with Crippen LogP contribution in [0, 0.1) is 12.3 Å². The first-order chi connectivity index (χ1) is 7.43. The molecule has 5 nitrogen and oxygen atoms in total. The summed E-state index contributed by atoms with van der Waals surface area (Å²) in [6.07, 6.45) is 6.52. The molecule has 0 saturated heterocycles. The van der Waals surface area contributed by atoms with Crippen molar-refractivity contribution in [1.82, 2.24) is 8.87 Å². The molecule has 1 aromatic rings. The highest BCUT2D eigenvalue weighted by Crippen LogP contribution is 2.17. The first-order valence-electron chi connectivity index (χ1n) is 4.59. The molecule has 6 heteroatoms. The number of nitrogens with zero attached hydrogens (tertiary/aromatic N) is 2. The van der Waals surface area contributed by atoms with Gasteiger partial charge < -0.3 is 9.67 Å². The Bertz CT molecular complexity index is 511. The van der Waals surface area contributed by atoms with E-state index < -0.39 is 10.0 Å². The summed E-state index contributed by atoms with van der Waals surface area (Å²) >= 11 is 0. The van der Waals surface area contributed by atoms with E-state index in [2.05, 4.69) is 5.92 Å². The van der Waals surface area contributed by atoms with Gasteiger partial charge in [0.1, 0.15) is 4.90 Å². The lowest BCUT2D eigenvalue weighted by Gasteiger charge is -2.12. The van der Waals surface area contributed by atoms with Gasteiger partial charge in [-0.1, -0.05) is 5.92 Å². The largest absolute Gasteiger partial charge is 0.390 e. The van der Waals surface area contributed by atoms with E-state index >= 15 is 0 Å². The summed E-state index contributed by atoms with van der Waals surface area (Å²) in [5.41, 5.74) is 0.535. The van der Waals surface area contributed by atoms with Gasteiger partial charge in [-0.2, -0.15) is 4.31 Å². The Morgan fingerprint density at radius 3 is 2.69 bits per heavy atom. The molecule has 0 spiro atoms. The van der Waals surface area contributed by atoms with Crippen molar-refractivity contribution in [3.8, 4) is 12.3 Å². The number of hydrogen-bond acceptors (Lipinski definition) is 3. The normalized spacial score (nSPS) is 11.7. The minimum atomic E-state index is -3.55. The van der Waals surface area contributed by atoms with Crippen LogP contribution in [0.3, 0.4) is 0 Å². The summed E-state index contributed by atoms with van der Waals surface area (Å²) in [5, 5.41) is 8.98. The SMILES string of the molecule is C#CCN(C)S(=O)(=O)c1cc(CO)n(C)c1. The van der Waals surface area contributed by atoms with Gasteiger partial charge >= 0.3 is 0 Å². The second kappa shape index (κ2) is 4.70. The van der Waals surface area contributed by atoms with Gasteiger partial charge in [-0.25, -0.2) is 8.42 Å². The third-order valence-corrected chi connectivity index (χ3v) is 4.04. The molecule has 16 heavy (non-hydrogen) atoms. The maximum Gasteiger partial charge on any atom is 0.245 e. The first kappa shape index (κ1) is 12.8. The first-order valence-corrected chi connectivity index (χ1v) is 6.03. The molecule has 88 valence electrons. The average Bonchev–Trinajstić information content (AvgIpc) is 2.60. The fourth-order valence-electron chi connectivity index (χ4n) is 1.27. The molecular weight excluding hydrogens is 228 g/mol. The van der Waals surface area contributed by atoms with E-state index in [9.17, 15) is 8.42 Å². The number of rotatable bonds is 4. The summed E-state index contributed by atoms with van der Waals surface area (Å²) in [7, 11) is -0.464. The zero-order valence-electron chi connectivity index (χ0n) is 9.21. The van der Waals surface area contributed by atoms with E-state index in [0.29, 0.717) is 5.69 Å². The Morgan fingerprint density at radius 2 is 2.25 bits per heavy atom. The van der Waals surface area contributed by atoms with Crippen molar-refractivity contribution in [1.29, 1.82) is 0 Å². The van der Waals surface area contributed by atoms with Crippen molar-refractivity contribution in [3.63, 3.8) is 0 Å². The average molecular weight is 242 g/mol. The Balaban J connectivity index is 3.13. The second-order valence-corrected chi connectivity index (χ2v) is 5.45. The standard InChI is InChI=1S/C10H14N2O3S/c1-4-5-12(3)16(14,15)10-6-9(8-13)11(2)7-10/h1,6-7,13H,5,8H2,2-3H3. The van der Waals surface area contributed by atoms with Crippen molar-refractivity contribution in [3.05, 3.63) is 18.0 Å². The van der Waals surface area contributed by atoms with E-state index in [4.69, 9.17) is 11.5 Å². The minimum absolute atomic E-state index is 0.0195. The highest BCUT2D eigenvalue weighted by molar-refractivity contribution is 7.89. The van der Waals surface area contributed by atoms with E-state index in [1.165, 1.54) is 19.3 Å². The zero-order valence-corrected chi connectivity index (χ0v) is 10.0. The zero-order chi connectivity index (χ0) is 12.3. The molecule has 0 fully saturated rings. The monoisotopic (exact) mass is 242 g/mol. The number of aromatic nitrogens is 1. The van der Waals surface area contributed by atoms with Gasteiger partial charge in [0, 0.05) is 26.0 Å². The molecular formula is C10H14N2O3S. The van der Waals surface area contributed by atoms with Gasteiger partial charge in [0.2, 0.25) is 10.0 Å². The molecule has 1 N–H and O–H groups in total. The van der Waals surface area contributed by atoms with Crippen LogP contribution in [0.25, 0.3) is 0 Å². The van der Waals surface area contributed by atoms with Crippen LogP contribution in [0.1, 0.15) is 5.69 Å². The van der Waals surface area contributed by atoms with Crippen LogP contribution < -0.4 is 0 Å². The molecule has 0 aliphatic rings. The van der Waals surface area contributed by atoms with Crippen LogP contribution in [0.4, 0.5) is 0 Å². The summed E-state index contributed by atoms with van der Waals surface area (Å²) < 4.78 is 26.5. The van der Waals surface area contributed by atoms with E-state index in [1.807, 2.05) is 0 Å². The predicted octanol–water partition coefficient (Wildman–Crippen LogP) is -0.229. The van der Waals surface area contributed by atoms with Crippen molar-refractivity contribution < 1.29 is 13.5 Å². The van der Waals surface area contributed by atoms with Gasteiger partial charge in [-0.3, -0.25) is 0 Å². The Hall–Kier alpha value is -1.29.